The molecule has 0 atom stereocenters. The van der Waals surface area contributed by atoms with E-state index in [-0.39, 0.29) is 5.91 Å². The molecule has 1 fully saturated rings. The normalized spacial score (nSPS) is 20.4. The summed E-state index contributed by atoms with van der Waals surface area (Å²) in [5.41, 5.74) is 0. The molecule has 1 aliphatic rings. The summed E-state index contributed by atoms with van der Waals surface area (Å²) in [6, 6.07) is 0. The van der Waals surface area contributed by atoms with E-state index in [1.54, 1.807) is 3.22 Å². The van der Waals surface area contributed by atoms with E-state index in [0.29, 0.717) is 6.42 Å². The van der Waals surface area contributed by atoms with Gasteiger partial charge in [-0.3, -0.25) is 0 Å². The molecule has 4 heteroatoms. The maximum Gasteiger partial charge on any atom is 0.417 e. The van der Waals surface area contributed by atoms with E-state index in [0.717, 1.165) is 6.54 Å². The van der Waals surface area contributed by atoms with Crippen LogP contribution in [0.25, 0.3) is 0 Å². The molecule has 1 heterocycles. The molecule has 44 valence electrons. The molecule has 0 unspecified atom stereocenters. The Morgan fingerprint density at radius 3 is 2.62 bits per heavy atom. The molecule has 0 aromatic heterocycles. The molecule has 8 heavy (non-hydrogen) atoms. The van der Waals surface area contributed by atoms with Crippen LogP contribution in [0.5, 0.6) is 0 Å². The topological polar surface area (TPSA) is 23.3 Å². The molecular weight excluding hydrogens is 219 g/mol. The van der Waals surface area contributed by atoms with Gasteiger partial charge in [-0.05, 0) is 4.68 Å². The van der Waals surface area contributed by atoms with E-state index in [9.17, 15) is 4.79 Å². The predicted octanol–water partition coefficient (Wildman–Crippen LogP) is 0.197. The summed E-state index contributed by atoms with van der Waals surface area (Å²) in [4.78, 5) is 10.6. The lowest BCUT2D eigenvalue weighted by molar-refractivity contribution is -0.544. The van der Waals surface area contributed by atoms with Gasteiger partial charge in [0.2, 0.25) is 0 Å². The minimum Gasteiger partial charge on any atom is -0.217 e. The van der Waals surface area contributed by atoms with E-state index in [1.165, 1.54) is 4.68 Å². The summed E-state index contributed by atoms with van der Waals surface area (Å²) < 4.78 is 3.14. The molecule has 0 aromatic rings. The lowest BCUT2D eigenvalue weighted by atomic mass is 10.5. The smallest absolute Gasteiger partial charge is 0.217 e. The molecule has 1 rings (SSSR count). The lowest BCUT2D eigenvalue weighted by Gasteiger charge is -1.94. The van der Waals surface area contributed by atoms with Crippen LogP contribution in [0.1, 0.15) is 6.42 Å². The number of hydrogen-bond donors (Lipinski definition) is 0. The Hall–Kier alpha value is -0.130. The van der Waals surface area contributed by atoms with Gasteiger partial charge in [0.25, 0.3) is 0 Å². The van der Waals surface area contributed by atoms with Crippen molar-refractivity contribution in [3.05, 3.63) is 0 Å². The fraction of sp³-hybridized carbons (Fsp3) is 0.500. The van der Waals surface area contributed by atoms with E-state index in [2.05, 4.69) is 6.72 Å². The third-order valence-corrected chi connectivity index (χ3v) is 2.06. The summed E-state index contributed by atoms with van der Waals surface area (Å²) in [6.07, 6.45) is 0.604. The van der Waals surface area contributed by atoms with Gasteiger partial charge in [0.15, 0.2) is 6.72 Å². The Labute approximate surface area is 61.4 Å². The van der Waals surface area contributed by atoms with Crippen molar-refractivity contribution in [3.8, 4) is 0 Å². The van der Waals surface area contributed by atoms with Crippen LogP contribution >= 0.6 is 22.9 Å². The standard InChI is InChI=1S/C4H6IN2O/c1-6-4(8)2-3-7(6)5/h1-3H2/q+1. The van der Waals surface area contributed by atoms with Gasteiger partial charge < -0.3 is 0 Å². The Balaban J connectivity index is 2.71. The minimum absolute atomic E-state index is 0.0967. The quantitative estimate of drug-likeness (QED) is 0.334. The number of hydrogen-bond acceptors (Lipinski definition) is 2. The highest BCUT2D eigenvalue weighted by Crippen LogP contribution is 2.09. The molecule has 0 spiro atoms. The Kier molecular flexibility index (Phi) is 1.50. The van der Waals surface area contributed by atoms with Crippen LogP contribution < -0.4 is 0 Å². The first kappa shape index (κ1) is 6.00. The van der Waals surface area contributed by atoms with Crippen LogP contribution in [-0.2, 0) is 4.79 Å². The Bertz CT molecular complexity index is 145. The largest absolute Gasteiger partial charge is 0.417 e. The summed E-state index contributed by atoms with van der Waals surface area (Å²) in [5.74, 6) is 0.0967. The third kappa shape index (κ3) is 0.841. The molecule has 1 aliphatic heterocycles. The molecule has 0 saturated carbocycles. The second-order valence-electron chi connectivity index (χ2n) is 1.60. The van der Waals surface area contributed by atoms with Crippen molar-refractivity contribution >= 4 is 35.5 Å². The number of nitrogens with zero attached hydrogens (tertiary/aromatic N) is 2. The fourth-order valence-corrected chi connectivity index (χ4v) is 1.04. The SMILES string of the molecule is C=[N+]1C(=O)CCN1I. The number of hydrazine groups is 1. The molecule has 0 aliphatic carbocycles. The van der Waals surface area contributed by atoms with Crippen molar-refractivity contribution in [2.24, 2.45) is 0 Å². The maximum atomic E-state index is 10.6. The molecule has 0 aromatic carbocycles. The fourth-order valence-electron chi connectivity index (χ4n) is 0.559. The molecule has 1 saturated heterocycles. The Morgan fingerprint density at radius 2 is 2.50 bits per heavy atom. The molecule has 0 radical (unpaired) electrons. The zero-order chi connectivity index (χ0) is 6.15. The first-order chi connectivity index (χ1) is 3.72. The maximum absolute atomic E-state index is 10.6. The van der Waals surface area contributed by atoms with Gasteiger partial charge in [0.1, 0.15) is 29.3 Å². The van der Waals surface area contributed by atoms with Crippen molar-refractivity contribution in [1.82, 2.24) is 3.22 Å². The summed E-state index contributed by atoms with van der Waals surface area (Å²) in [6.45, 7) is 4.30. The molecular formula is C4H6IN2O+. The molecule has 1 amide bonds. The lowest BCUT2D eigenvalue weighted by Crippen LogP contribution is -2.18. The van der Waals surface area contributed by atoms with Crippen LogP contribution in [0, 0.1) is 0 Å². The summed E-state index contributed by atoms with van der Waals surface area (Å²) in [7, 11) is 0. The van der Waals surface area contributed by atoms with Gasteiger partial charge >= 0.3 is 5.91 Å². The van der Waals surface area contributed by atoms with E-state index in [4.69, 9.17) is 0 Å². The zero-order valence-corrected chi connectivity index (χ0v) is 6.46. The van der Waals surface area contributed by atoms with Crippen molar-refractivity contribution in [1.29, 1.82) is 0 Å². The summed E-state index contributed by atoms with van der Waals surface area (Å²) >= 11 is 2.05. The van der Waals surface area contributed by atoms with Crippen molar-refractivity contribution < 1.29 is 9.48 Å². The second kappa shape index (κ2) is 2.00. The van der Waals surface area contributed by atoms with Crippen LogP contribution in [0.3, 0.4) is 0 Å². The first-order valence-electron chi connectivity index (χ1n) is 2.28. The number of carbonyl (C=O) groups is 1. The van der Waals surface area contributed by atoms with Gasteiger partial charge in [-0.25, -0.2) is 4.79 Å². The van der Waals surface area contributed by atoms with Crippen LogP contribution in [0.15, 0.2) is 0 Å². The van der Waals surface area contributed by atoms with Crippen molar-refractivity contribution in [2.75, 3.05) is 6.54 Å². The number of amides is 1. The highest BCUT2D eigenvalue weighted by molar-refractivity contribution is 14.1. The van der Waals surface area contributed by atoms with E-state index < -0.39 is 0 Å². The first-order valence-corrected chi connectivity index (χ1v) is 3.25. The van der Waals surface area contributed by atoms with Crippen LogP contribution in [0.2, 0.25) is 0 Å². The highest BCUT2D eigenvalue weighted by Gasteiger charge is 2.29. The highest BCUT2D eigenvalue weighted by atomic mass is 127. The molecule has 0 N–H and O–H groups in total. The van der Waals surface area contributed by atoms with Gasteiger partial charge in [0, 0.05) is 0 Å². The summed E-state index contributed by atoms with van der Waals surface area (Å²) in [5, 5.41) is 0. The van der Waals surface area contributed by atoms with E-state index >= 15 is 0 Å². The minimum atomic E-state index is 0.0967. The molecule has 3 nitrogen and oxygen atoms in total. The second-order valence-corrected chi connectivity index (χ2v) is 2.72. The third-order valence-electron chi connectivity index (χ3n) is 1.06. The van der Waals surface area contributed by atoms with Crippen molar-refractivity contribution in [3.63, 3.8) is 0 Å². The molecule has 0 bridgehead atoms. The van der Waals surface area contributed by atoms with Gasteiger partial charge in [0.05, 0.1) is 6.54 Å². The monoisotopic (exact) mass is 225 g/mol. The zero-order valence-electron chi connectivity index (χ0n) is 4.30. The predicted molar refractivity (Wildman–Crippen MR) is 37.7 cm³/mol. The number of carbonyl (C=O) groups excluding carboxylic acids is 1. The van der Waals surface area contributed by atoms with Crippen LogP contribution in [0.4, 0.5) is 0 Å². The van der Waals surface area contributed by atoms with Crippen LogP contribution in [-0.4, -0.2) is 27.1 Å². The number of hydrazone groups is 1. The van der Waals surface area contributed by atoms with Crippen molar-refractivity contribution in [2.45, 2.75) is 6.42 Å². The Morgan fingerprint density at radius 1 is 1.88 bits per heavy atom. The van der Waals surface area contributed by atoms with Gasteiger partial charge in [-0.15, -0.1) is 3.22 Å². The van der Waals surface area contributed by atoms with Gasteiger partial charge in [-0.1, -0.05) is 0 Å². The number of halogens is 1. The van der Waals surface area contributed by atoms with E-state index in [1.807, 2.05) is 22.9 Å². The number of rotatable bonds is 0. The average molecular weight is 225 g/mol. The average Bonchev–Trinajstić information content (AvgIpc) is 1.98. The van der Waals surface area contributed by atoms with Gasteiger partial charge in [-0.2, -0.15) is 0 Å².